The van der Waals surface area contributed by atoms with Gasteiger partial charge in [0.2, 0.25) is 0 Å². The molecule has 0 aromatic heterocycles. The van der Waals surface area contributed by atoms with E-state index < -0.39 is 0 Å². The Morgan fingerprint density at radius 2 is 2.24 bits per heavy atom. The fourth-order valence-electron chi connectivity index (χ4n) is 1.08. The summed E-state index contributed by atoms with van der Waals surface area (Å²) in [6.45, 7) is 7.70. The second kappa shape index (κ2) is 9.67. The summed E-state index contributed by atoms with van der Waals surface area (Å²) in [5, 5.41) is 14.4. The van der Waals surface area contributed by atoms with Gasteiger partial charge in [0, 0.05) is 32.0 Å². The van der Waals surface area contributed by atoms with Gasteiger partial charge in [0.1, 0.15) is 11.6 Å². The first-order valence-corrected chi connectivity index (χ1v) is 5.84. The van der Waals surface area contributed by atoms with Crippen molar-refractivity contribution in [2.45, 2.75) is 33.2 Å². The predicted octanol–water partition coefficient (Wildman–Crippen LogP) is 0.935. The Labute approximate surface area is 103 Å². The molecule has 0 aliphatic heterocycles. The molecule has 0 unspecified atom stereocenters. The normalized spacial score (nSPS) is 11.1. The van der Waals surface area contributed by atoms with E-state index in [1.54, 1.807) is 0 Å². The van der Waals surface area contributed by atoms with E-state index in [0.29, 0.717) is 19.8 Å². The van der Waals surface area contributed by atoms with Gasteiger partial charge in [0.05, 0.1) is 0 Å². The molecule has 96 valence electrons. The van der Waals surface area contributed by atoms with Gasteiger partial charge in [-0.25, -0.2) is 0 Å². The molecule has 0 aromatic carbocycles. The van der Waals surface area contributed by atoms with Crippen molar-refractivity contribution in [1.29, 1.82) is 5.26 Å². The molecule has 17 heavy (non-hydrogen) atoms. The highest BCUT2D eigenvalue weighted by atomic mass is 16.5. The Bertz CT molecular complexity index is 293. The number of hydrogen-bond acceptors (Lipinski definition) is 4. The van der Waals surface area contributed by atoms with Crippen LogP contribution in [-0.2, 0) is 9.53 Å². The quantitative estimate of drug-likeness (QED) is 0.375. The zero-order valence-corrected chi connectivity index (χ0v) is 10.7. The predicted molar refractivity (Wildman–Crippen MR) is 66.1 cm³/mol. The topological polar surface area (TPSA) is 74.1 Å². The van der Waals surface area contributed by atoms with Crippen molar-refractivity contribution in [2.75, 3.05) is 19.8 Å². The lowest BCUT2D eigenvalue weighted by Crippen LogP contribution is -2.31. The lowest BCUT2D eigenvalue weighted by atomic mass is 10.2. The van der Waals surface area contributed by atoms with Crippen LogP contribution in [0.4, 0.5) is 0 Å². The molecule has 1 amide bonds. The number of ether oxygens (including phenoxy) is 1. The number of amides is 1. The largest absolute Gasteiger partial charge is 0.390 e. The molecule has 0 atom stereocenters. The number of nitriles is 1. The number of nitrogens with one attached hydrogen (secondary N) is 2. The van der Waals surface area contributed by atoms with Gasteiger partial charge < -0.3 is 15.4 Å². The van der Waals surface area contributed by atoms with Crippen LogP contribution in [0, 0.1) is 11.3 Å². The minimum atomic E-state index is -0.347. The number of hydrogen-bond donors (Lipinski definition) is 2. The fraction of sp³-hybridized carbons (Fsp3) is 0.667. The van der Waals surface area contributed by atoms with Gasteiger partial charge in [-0.05, 0) is 27.2 Å². The van der Waals surface area contributed by atoms with E-state index >= 15 is 0 Å². The monoisotopic (exact) mass is 239 g/mol. The molecule has 0 aliphatic carbocycles. The fourth-order valence-corrected chi connectivity index (χ4v) is 1.08. The molecule has 5 heteroatoms. The van der Waals surface area contributed by atoms with E-state index in [0.717, 1.165) is 6.42 Å². The maximum absolute atomic E-state index is 11.5. The molecule has 0 saturated carbocycles. The molecular weight excluding hydrogens is 218 g/mol. The number of carbonyl (C=O) groups excluding carboxylic acids is 1. The van der Waals surface area contributed by atoms with Crippen LogP contribution in [0.3, 0.4) is 0 Å². The third-order valence-electron chi connectivity index (χ3n) is 1.85. The lowest BCUT2D eigenvalue weighted by molar-refractivity contribution is -0.117. The van der Waals surface area contributed by atoms with E-state index in [4.69, 9.17) is 10.00 Å². The van der Waals surface area contributed by atoms with Crippen LogP contribution in [0.2, 0.25) is 0 Å². The van der Waals surface area contributed by atoms with Crippen molar-refractivity contribution in [3.05, 3.63) is 11.8 Å². The van der Waals surface area contributed by atoms with Crippen molar-refractivity contribution in [1.82, 2.24) is 10.6 Å². The zero-order chi connectivity index (χ0) is 13.1. The van der Waals surface area contributed by atoms with Crippen LogP contribution in [0.5, 0.6) is 0 Å². The summed E-state index contributed by atoms with van der Waals surface area (Å²) in [5.74, 6) is -0.347. The van der Waals surface area contributed by atoms with Crippen molar-refractivity contribution < 1.29 is 9.53 Å². The van der Waals surface area contributed by atoms with Crippen LogP contribution in [0.1, 0.15) is 27.2 Å². The second-order valence-electron chi connectivity index (χ2n) is 3.80. The first-order chi connectivity index (χ1) is 8.11. The molecule has 0 aromatic rings. The molecule has 2 N–H and O–H groups in total. The third-order valence-corrected chi connectivity index (χ3v) is 1.85. The highest BCUT2D eigenvalue weighted by Crippen LogP contribution is 1.92. The van der Waals surface area contributed by atoms with E-state index in [1.807, 2.05) is 26.8 Å². The molecule has 0 aliphatic rings. The third kappa shape index (κ3) is 8.29. The summed E-state index contributed by atoms with van der Waals surface area (Å²) in [6, 6.07) is 1.89. The molecule has 0 heterocycles. The summed E-state index contributed by atoms with van der Waals surface area (Å²) in [4.78, 5) is 11.5. The first kappa shape index (κ1) is 15.5. The van der Waals surface area contributed by atoms with Crippen molar-refractivity contribution in [3.8, 4) is 6.07 Å². The Balaban J connectivity index is 3.93. The molecule has 0 radical (unpaired) electrons. The van der Waals surface area contributed by atoms with Crippen molar-refractivity contribution in [3.63, 3.8) is 0 Å². The minimum Gasteiger partial charge on any atom is -0.390 e. The Hall–Kier alpha value is -1.54. The van der Waals surface area contributed by atoms with Gasteiger partial charge >= 0.3 is 0 Å². The number of carbonyl (C=O) groups is 1. The van der Waals surface area contributed by atoms with Gasteiger partial charge in [-0.15, -0.1) is 0 Å². The summed E-state index contributed by atoms with van der Waals surface area (Å²) < 4.78 is 5.16. The highest BCUT2D eigenvalue weighted by Gasteiger charge is 2.08. The maximum atomic E-state index is 11.5. The molecule has 0 fully saturated rings. The van der Waals surface area contributed by atoms with E-state index in [-0.39, 0.29) is 17.5 Å². The zero-order valence-electron chi connectivity index (χ0n) is 10.7. The summed E-state index contributed by atoms with van der Waals surface area (Å²) in [5.41, 5.74) is 0.0927. The molecule has 0 spiro atoms. The SMILES string of the molecule is CCOCCCN/C=C(/C#N)C(=O)NC(C)C. The molecule has 0 rings (SSSR count). The first-order valence-electron chi connectivity index (χ1n) is 5.84. The molecular formula is C12H21N3O2. The van der Waals surface area contributed by atoms with Crippen LogP contribution in [-0.4, -0.2) is 31.7 Å². The average molecular weight is 239 g/mol. The standard InChI is InChI=1S/C12H21N3O2/c1-4-17-7-5-6-14-9-11(8-13)12(16)15-10(2)3/h9-10,14H,4-7H2,1-3H3,(H,15,16)/b11-9-. The highest BCUT2D eigenvalue weighted by molar-refractivity contribution is 5.97. The van der Waals surface area contributed by atoms with E-state index in [2.05, 4.69) is 10.6 Å². The lowest BCUT2D eigenvalue weighted by Gasteiger charge is -2.07. The summed E-state index contributed by atoms with van der Waals surface area (Å²) in [6.07, 6.45) is 2.29. The smallest absolute Gasteiger partial charge is 0.263 e. The molecule has 0 bridgehead atoms. The molecule has 5 nitrogen and oxygen atoms in total. The van der Waals surface area contributed by atoms with Gasteiger partial charge in [0.25, 0.3) is 5.91 Å². The Morgan fingerprint density at radius 3 is 2.76 bits per heavy atom. The number of nitrogens with zero attached hydrogens (tertiary/aromatic N) is 1. The van der Waals surface area contributed by atoms with Gasteiger partial charge in [0.15, 0.2) is 0 Å². The van der Waals surface area contributed by atoms with Gasteiger partial charge in [-0.2, -0.15) is 5.26 Å². The van der Waals surface area contributed by atoms with Crippen LogP contribution in [0.25, 0.3) is 0 Å². The van der Waals surface area contributed by atoms with Gasteiger partial charge in [-0.1, -0.05) is 0 Å². The Morgan fingerprint density at radius 1 is 1.53 bits per heavy atom. The summed E-state index contributed by atoms with van der Waals surface area (Å²) >= 11 is 0. The Kier molecular flexibility index (Phi) is 8.79. The van der Waals surface area contributed by atoms with E-state index in [9.17, 15) is 4.79 Å². The van der Waals surface area contributed by atoms with Crippen molar-refractivity contribution in [2.24, 2.45) is 0 Å². The number of rotatable bonds is 8. The maximum Gasteiger partial charge on any atom is 0.263 e. The van der Waals surface area contributed by atoms with Crippen LogP contribution >= 0.6 is 0 Å². The van der Waals surface area contributed by atoms with Gasteiger partial charge in [-0.3, -0.25) is 4.79 Å². The van der Waals surface area contributed by atoms with Crippen LogP contribution in [0.15, 0.2) is 11.8 Å². The average Bonchev–Trinajstić information content (AvgIpc) is 2.27. The summed E-state index contributed by atoms with van der Waals surface area (Å²) in [7, 11) is 0. The minimum absolute atomic E-state index is 0.0252. The second-order valence-corrected chi connectivity index (χ2v) is 3.80. The van der Waals surface area contributed by atoms with Crippen molar-refractivity contribution >= 4 is 5.91 Å². The van der Waals surface area contributed by atoms with Crippen LogP contribution < -0.4 is 10.6 Å². The molecule has 0 saturated heterocycles. The van der Waals surface area contributed by atoms with E-state index in [1.165, 1.54) is 6.20 Å².